The normalized spacial score (nSPS) is 16.9. The van der Waals surface area contributed by atoms with Crippen LogP contribution in [0, 0.1) is 23.2 Å². The van der Waals surface area contributed by atoms with Crippen molar-refractivity contribution in [1.29, 1.82) is 5.26 Å². The van der Waals surface area contributed by atoms with E-state index < -0.39 is 5.91 Å². The molecule has 2 heterocycles. The molecule has 2 rings (SSSR count). The predicted molar refractivity (Wildman–Crippen MR) is 173 cm³/mol. The number of rotatable bonds is 16. The number of carbonyl (C=O) groups is 2. The Morgan fingerprint density at radius 1 is 0.951 bits per heavy atom. The summed E-state index contributed by atoms with van der Waals surface area (Å²) in [6, 6.07) is 2.09. The van der Waals surface area contributed by atoms with E-state index in [0.29, 0.717) is 29.4 Å². The minimum atomic E-state index is -0.489. The third-order valence-electron chi connectivity index (χ3n) is 8.29. The summed E-state index contributed by atoms with van der Waals surface area (Å²) >= 11 is 1.65. The van der Waals surface area contributed by atoms with Crippen molar-refractivity contribution in [3.8, 4) is 6.07 Å². The van der Waals surface area contributed by atoms with Crippen LogP contribution in [0.2, 0.25) is 0 Å². The Hall–Kier alpha value is -2.46. The van der Waals surface area contributed by atoms with E-state index >= 15 is 0 Å². The minimum absolute atomic E-state index is 0.0762. The zero-order valence-electron chi connectivity index (χ0n) is 27.2. The maximum atomic E-state index is 13.5. The Morgan fingerprint density at radius 2 is 1.51 bits per heavy atom. The fourth-order valence-corrected chi connectivity index (χ4v) is 6.83. The quantitative estimate of drug-likeness (QED) is 0.144. The standard InChI is InChI=1S/C34H54N4O2S/c1-10-16-18-24(12-3)22-37(23-25(13-4)19-17-11-2)33-36-30(34(7,8)9)29(41-33)20-27-26(14-5)28(21-35)32(40)38(15-6)31(27)39/h20,24-25H,10-19,22-23H2,1-9H3/b27-20-. The first-order chi connectivity index (χ1) is 19.5. The molecule has 0 radical (unpaired) electrons. The lowest BCUT2D eigenvalue weighted by atomic mass is 9.88. The van der Waals surface area contributed by atoms with Crippen molar-refractivity contribution in [1.82, 2.24) is 9.88 Å². The summed E-state index contributed by atoms with van der Waals surface area (Å²) in [6.45, 7) is 21.5. The lowest BCUT2D eigenvalue weighted by molar-refractivity contribution is -0.140. The van der Waals surface area contributed by atoms with Crippen molar-refractivity contribution in [2.24, 2.45) is 11.8 Å². The zero-order valence-corrected chi connectivity index (χ0v) is 28.0. The van der Waals surface area contributed by atoms with E-state index in [1.807, 2.05) is 13.0 Å². The van der Waals surface area contributed by atoms with E-state index in [9.17, 15) is 14.9 Å². The van der Waals surface area contributed by atoms with E-state index in [0.717, 1.165) is 41.6 Å². The molecule has 0 saturated carbocycles. The molecule has 2 atom stereocenters. The molecule has 1 aliphatic heterocycles. The van der Waals surface area contributed by atoms with Gasteiger partial charge >= 0.3 is 0 Å². The first-order valence-corrected chi connectivity index (χ1v) is 16.8. The van der Waals surface area contributed by atoms with E-state index in [1.165, 1.54) is 43.4 Å². The van der Waals surface area contributed by atoms with Crippen molar-refractivity contribution in [2.45, 2.75) is 126 Å². The van der Waals surface area contributed by atoms with E-state index in [1.54, 1.807) is 18.3 Å². The van der Waals surface area contributed by atoms with Gasteiger partial charge in [-0.3, -0.25) is 14.5 Å². The molecule has 0 saturated heterocycles. The average Bonchev–Trinajstić information content (AvgIpc) is 3.38. The number of anilines is 1. The molecule has 2 unspecified atom stereocenters. The molecule has 228 valence electrons. The first kappa shape index (κ1) is 34.7. The lowest BCUT2D eigenvalue weighted by Gasteiger charge is -2.30. The van der Waals surface area contributed by atoms with Crippen LogP contribution in [-0.2, 0) is 15.0 Å². The fraction of sp³-hybridized carbons (Fsp3) is 0.706. The van der Waals surface area contributed by atoms with E-state index in [-0.39, 0.29) is 23.4 Å². The van der Waals surface area contributed by atoms with Crippen LogP contribution in [-0.4, -0.2) is 41.3 Å². The molecule has 1 aliphatic rings. The third-order valence-corrected chi connectivity index (χ3v) is 9.35. The van der Waals surface area contributed by atoms with Crippen LogP contribution < -0.4 is 4.90 Å². The monoisotopic (exact) mass is 582 g/mol. The summed E-state index contributed by atoms with van der Waals surface area (Å²) < 4.78 is 0. The number of unbranched alkanes of at least 4 members (excludes halogenated alkanes) is 2. The van der Waals surface area contributed by atoms with E-state index in [4.69, 9.17) is 4.98 Å². The maximum Gasteiger partial charge on any atom is 0.271 e. The summed E-state index contributed by atoms with van der Waals surface area (Å²) in [5.74, 6) is 0.409. The largest absolute Gasteiger partial charge is 0.348 e. The Kier molecular flexibility index (Phi) is 13.8. The number of aromatic nitrogens is 1. The van der Waals surface area contributed by atoms with Crippen molar-refractivity contribution in [3.05, 3.63) is 27.3 Å². The van der Waals surface area contributed by atoms with Gasteiger partial charge in [-0.1, -0.05) is 105 Å². The molecule has 0 fully saturated rings. The van der Waals surface area contributed by atoms with Crippen LogP contribution in [0.5, 0.6) is 0 Å². The SMILES string of the molecule is CCCCC(CC)CN(CC(CC)CCCC)c1nc(C(C)(C)C)c(/C=C2\C(=O)N(CC)C(=O)C(C#N)=C2CC)s1. The number of hydrogen-bond donors (Lipinski definition) is 0. The van der Waals surface area contributed by atoms with Crippen LogP contribution in [0.4, 0.5) is 5.13 Å². The van der Waals surface area contributed by atoms with Gasteiger partial charge in [-0.25, -0.2) is 4.98 Å². The van der Waals surface area contributed by atoms with Gasteiger partial charge in [0.2, 0.25) is 0 Å². The van der Waals surface area contributed by atoms with Crippen molar-refractivity contribution < 1.29 is 9.59 Å². The summed E-state index contributed by atoms with van der Waals surface area (Å²) in [6.07, 6.45) is 12.0. The third kappa shape index (κ3) is 8.77. The molecule has 41 heavy (non-hydrogen) atoms. The second-order valence-corrected chi connectivity index (χ2v) is 13.4. The maximum absolute atomic E-state index is 13.5. The van der Waals surface area contributed by atoms with Gasteiger partial charge in [0, 0.05) is 30.6 Å². The predicted octanol–water partition coefficient (Wildman–Crippen LogP) is 8.68. The highest BCUT2D eigenvalue weighted by Gasteiger charge is 2.36. The highest BCUT2D eigenvalue weighted by Crippen LogP contribution is 2.39. The van der Waals surface area contributed by atoms with Gasteiger partial charge in [-0.2, -0.15) is 5.26 Å². The van der Waals surface area contributed by atoms with Crippen LogP contribution in [0.3, 0.4) is 0 Å². The smallest absolute Gasteiger partial charge is 0.271 e. The molecule has 1 aromatic heterocycles. The zero-order chi connectivity index (χ0) is 30.7. The molecule has 0 bridgehead atoms. The summed E-state index contributed by atoms with van der Waals surface area (Å²) in [5, 5.41) is 10.8. The summed E-state index contributed by atoms with van der Waals surface area (Å²) in [4.78, 5) is 36.4. The molecule has 0 spiro atoms. The molecular formula is C34H54N4O2S. The van der Waals surface area contributed by atoms with Crippen molar-refractivity contribution >= 4 is 34.4 Å². The molecular weight excluding hydrogens is 528 g/mol. The van der Waals surface area contributed by atoms with Crippen molar-refractivity contribution in [3.63, 3.8) is 0 Å². The first-order valence-electron chi connectivity index (χ1n) is 16.0. The van der Waals surface area contributed by atoms with Crippen LogP contribution in [0.15, 0.2) is 16.7 Å². The summed E-state index contributed by atoms with van der Waals surface area (Å²) in [7, 11) is 0. The number of hydrogen-bond acceptors (Lipinski definition) is 6. The number of thiazole rings is 1. The Morgan fingerprint density at radius 3 is 1.93 bits per heavy atom. The van der Waals surface area contributed by atoms with Crippen LogP contribution in [0.25, 0.3) is 6.08 Å². The Labute approximate surface area is 253 Å². The highest BCUT2D eigenvalue weighted by molar-refractivity contribution is 7.16. The molecule has 0 N–H and O–H groups in total. The number of nitriles is 1. The topological polar surface area (TPSA) is 77.3 Å². The van der Waals surface area contributed by atoms with Gasteiger partial charge in [-0.05, 0) is 49.7 Å². The number of amides is 2. The second kappa shape index (κ2) is 16.2. The van der Waals surface area contributed by atoms with E-state index in [2.05, 4.69) is 59.4 Å². The van der Waals surface area contributed by atoms with Gasteiger partial charge in [0.15, 0.2) is 5.13 Å². The molecule has 0 aliphatic carbocycles. The molecule has 0 aromatic carbocycles. The Bertz CT molecular complexity index is 1120. The van der Waals surface area contributed by atoms with Gasteiger partial charge in [0.05, 0.1) is 10.6 Å². The fourth-order valence-electron chi connectivity index (χ4n) is 5.59. The highest BCUT2D eigenvalue weighted by atomic mass is 32.1. The Balaban J connectivity index is 2.70. The number of nitrogens with zero attached hydrogens (tertiary/aromatic N) is 4. The molecule has 6 nitrogen and oxygen atoms in total. The molecule has 1 aromatic rings. The minimum Gasteiger partial charge on any atom is -0.348 e. The average molecular weight is 583 g/mol. The number of imide groups is 1. The van der Waals surface area contributed by atoms with Gasteiger partial charge < -0.3 is 4.90 Å². The molecule has 2 amide bonds. The van der Waals surface area contributed by atoms with Gasteiger partial charge in [0.1, 0.15) is 11.6 Å². The van der Waals surface area contributed by atoms with Gasteiger partial charge in [-0.15, -0.1) is 0 Å². The number of carbonyl (C=O) groups excluding carboxylic acids is 2. The summed E-state index contributed by atoms with van der Waals surface area (Å²) in [5.41, 5.74) is 1.78. The van der Waals surface area contributed by atoms with Crippen LogP contribution >= 0.6 is 11.3 Å². The second-order valence-electron chi connectivity index (χ2n) is 12.4. The molecule has 7 heteroatoms. The van der Waals surface area contributed by atoms with Crippen LogP contribution in [0.1, 0.15) is 131 Å². The lowest BCUT2D eigenvalue weighted by Crippen LogP contribution is -2.42. The van der Waals surface area contributed by atoms with Crippen molar-refractivity contribution in [2.75, 3.05) is 24.5 Å². The van der Waals surface area contributed by atoms with Gasteiger partial charge in [0.25, 0.3) is 11.8 Å². The number of likely N-dealkylation sites (N-methyl/N-ethyl adjacent to an activating group) is 1.